The number of carbonyl (C=O) groups excluding carboxylic acids is 1. The number of aryl methyl sites for hydroxylation is 2. The van der Waals surface area contributed by atoms with Gasteiger partial charge in [-0.25, -0.2) is 19.9 Å². The van der Waals surface area contributed by atoms with Gasteiger partial charge in [-0.3, -0.25) is 28.9 Å². The number of nitrogens with one attached hydrogen (secondary N) is 3. The number of hydrogen-bond acceptors (Lipinski definition) is 15. The van der Waals surface area contributed by atoms with Crippen molar-refractivity contribution in [2.45, 2.75) is 12.8 Å². The van der Waals surface area contributed by atoms with E-state index in [1.54, 1.807) is 59.9 Å². The monoisotopic (exact) mass is 1010 g/mol. The molecule has 0 radical (unpaired) electrons. The average molecular weight is 1010 g/mol. The predicted molar refractivity (Wildman–Crippen MR) is 286 cm³/mol. The second-order valence-corrected chi connectivity index (χ2v) is 17.8. The highest BCUT2D eigenvalue weighted by Gasteiger charge is 2.20. The van der Waals surface area contributed by atoms with E-state index in [1.807, 2.05) is 85.9 Å². The van der Waals surface area contributed by atoms with Crippen molar-refractivity contribution < 1.29 is 24.2 Å². The van der Waals surface area contributed by atoms with Crippen molar-refractivity contribution in [2.75, 3.05) is 73.5 Å². The lowest BCUT2D eigenvalue weighted by Crippen LogP contribution is -2.36. The minimum Gasteiger partial charge on any atom is -0.481 e. The van der Waals surface area contributed by atoms with Crippen LogP contribution in [0.25, 0.3) is 67.1 Å². The molecule has 2 aromatic carbocycles. The largest absolute Gasteiger partial charge is 0.481 e. The number of nitrogens with two attached hydrogens (primary N) is 1. The van der Waals surface area contributed by atoms with Crippen LogP contribution in [0.5, 0.6) is 0 Å². The van der Waals surface area contributed by atoms with E-state index in [0.717, 1.165) is 135 Å². The van der Waals surface area contributed by atoms with Gasteiger partial charge in [-0.15, -0.1) is 0 Å². The molecule has 10 aromatic rings. The second kappa shape index (κ2) is 22.6. The summed E-state index contributed by atoms with van der Waals surface area (Å²) >= 11 is 0. The number of amides is 1. The number of anilines is 4. The summed E-state index contributed by atoms with van der Waals surface area (Å²) in [5.74, 6) is 0.915. The molecular weight excluding hydrogens is 953 g/mol. The molecule has 21 heteroatoms. The van der Waals surface area contributed by atoms with Crippen LogP contribution in [0.1, 0.15) is 11.4 Å². The van der Waals surface area contributed by atoms with E-state index in [-0.39, 0.29) is 18.7 Å². The van der Waals surface area contributed by atoms with Crippen molar-refractivity contribution in [3.63, 3.8) is 0 Å². The maximum absolute atomic E-state index is 12.7. The van der Waals surface area contributed by atoms with Crippen LogP contribution in [-0.2, 0) is 46.0 Å². The number of aromatic nitrogens is 12. The molecule has 2 aliphatic heterocycles. The molecular formula is C54H54N16O5. The van der Waals surface area contributed by atoms with Crippen LogP contribution < -0.4 is 20.9 Å². The van der Waals surface area contributed by atoms with Crippen molar-refractivity contribution in [2.24, 2.45) is 14.1 Å². The zero-order chi connectivity index (χ0) is 51.7. The van der Waals surface area contributed by atoms with Gasteiger partial charge in [-0.2, -0.15) is 10.2 Å². The van der Waals surface area contributed by atoms with Gasteiger partial charge >= 0.3 is 5.97 Å². The summed E-state index contributed by atoms with van der Waals surface area (Å²) in [5, 5.41) is 22.5. The van der Waals surface area contributed by atoms with Gasteiger partial charge in [0.1, 0.15) is 35.6 Å². The molecule has 2 fully saturated rings. The number of aromatic amines is 2. The van der Waals surface area contributed by atoms with Gasteiger partial charge in [0.2, 0.25) is 5.91 Å². The van der Waals surface area contributed by atoms with Crippen molar-refractivity contribution in [3.05, 3.63) is 146 Å². The Balaban J connectivity index is 0.000000142. The Labute approximate surface area is 430 Å². The molecule has 21 nitrogen and oxygen atoms in total. The summed E-state index contributed by atoms with van der Waals surface area (Å²) in [6, 6.07) is 31.0. The number of carboxylic acid groups (broad SMARTS) is 1. The third kappa shape index (κ3) is 11.8. The fourth-order valence-corrected chi connectivity index (χ4v) is 8.79. The van der Waals surface area contributed by atoms with Crippen LogP contribution in [0.15, 0.2) is 135 Å². The van der Waals surface area contributed by atoms with E-state index in [0.29, 0.717) is 18.9 Å². The molecule has 10 heterocycles. The van der Waals surface area contributed by atoms with Crippen molar-refractivity contribution >= 4 is 57.0 Å². The highest BCUT2D eigenvalue weighted by Crippen LogP contribution is 2.31. The summed E-state index contributed by atoms with van der Waals surface area (Å²) < 4.78 is 14.2. The number of hydrogen-bond donors (Lipinski definition) is 5. The molecule has 380 valence electrons. The van der Waals surface area contributed by atoms with Crippen LogP contribution in [0.4, 0.5) is 23.0 Å². The standard InChI is InChI=1S/C27H26N8O2.C16H17N5O.C11H11N3O2/c1-34-21(13-24(33-34)19-3-2-8-28-16-19)14-25(36)31-20-6-4-18(5-7-20)23-15-22-26(32-23)29-17-30-27(22)35-9-11-37-12-10-35;17-12-3-1-11(2-4-12)14-9-13-15(20-14)18-10-19-16(13)21-5-7-22-8-6-21;1-14-9(6-11(15)16)5-10(13-14)8-3-2-4-12-7-8/h2-8,13,15-17H,9-12,14H2,1H3,(H,31,36)(H,29,30,32);1-4,9-10H,5-8,17H2,(H,18,19,20);2-5,7H,6H2,1H3,(H,15,16). The van der Waals surface area contributed by atoms with E-state index in [9.17, 15) is 9.59 Å². The minimum absolute atomic E-state index is 0.0240. The number of fused-ring (bicyclic) bond motifs is 2. The van der Waals surface area contributed by atoms with Gasteiger partial charge in [0, 0.05) is 110 Å². The van der Waals surface area contributed by atoms with Crippen molar-refractivity contribution in [1.29, 1.82) is 0 Å². The number of carbonyl (C=O) groups is 2. The molecule has 75 heavy (non-hydrogen) atoms. The first kappa shape index (κ1) is 49.2. The Morgan fingerprint density at radius 1 is 0.613 bits per heavy atom. The summed E-state index contributed by atoms with van der Waals surface area (Å²) in [5.41, 5.74) is 17.8. The van der Waals surface area contributed by atoms with Crippen LogP contribution in [-0.4, -0.2) is 129 Å². The molecule has 8 aromatic heterocycles. The first-order chi connectivity index (χ1) is 36.6. The summed E-state index contributed by atoms with van der Waals surface area (Å²) in [6.45, 7) is 6.20. The molecule has 0 bridgehead atoms. The minimum atomic E-state index is -0.860. The number of ether oxygens (including phenoxy) is 2. The molecule has 6 N–H and O–H groups in total. The fraction of sp³-hybridized carbons (Fsp3) is 0.222. The number of aliphatic carboxylic acids is 1. The van der Waals surface area contributed by atoms with Gasteiger partial charge in [-0.1, -0.05) is 24.3 Å². The number of pyridine rings is 2. The highest BCUT2D eigenvalue weighted by atomic mass is 16.5. The molecule has 0 unspecified atom stereocenters. The van der Waals surface area contributed by atoms with Crippen LogP contribution >= 0.6 is 0 Å². The van der Waals surface area contributed by atoms with Crippen molar-refractivity contribution in [3.8, 4) is 45.0 Å². The average Bonchev–Trinajstić information content (AvgIpc) is 4.26. The third-order valence-electron chi connectivity index (χ3n) is 12.7. The van der Waals surface area contributed by atoms with Gasteiger partial charge in [0.25, 0.3) is 0 Å². The zero-order valence-corrected chi connectivity index (χ0v) is 41.3. The molecule has 1 amide bonds. The lowest BCUT2D eigenvalue weighted by molar-refractivity contribution is -0.136. The Bertz CT molecular complexity index is 3530. The third-order valence-corrected chi connectivity index (χ3v) is 12.7. The highest BCUT2D eigenvalue weighted by molar-refractivity contribution is 5.94. The molecule has 2 aliphatic rings. The number of morpholine rings is 2. The topological polar surface area (TPSA) is 262 Å². The van der Waals surface area contributed by atoms with Gasteiger partial charge in [0.05, 0.1) is 61.4 Å². The van der Waals surface area contributed by atoms with E-state index < -0.39 is 5.97 Å². The molecule has 2 saturated heterocycles. The SMILES string of the molecule is Cn1nc(-c2cccnc2)cc1CC(=O)Nc1ccc(-c2cc3c(N4CCOCC4)ncnc3[nH]2)cc1.Cn1nc(-c2cccnc2)cc1CC(=O)O.Nc1ccc(-c2cc3c(N4CCOCC4)ncnc3[nH]2)cc1. The smallest absolute Gasteiger partial charge is 0.309 e. The Morgan fingerprint density at radius 3 is 1.53 bits per heavy atom. The van der Waals surface area contributed by atoms with E-state index >= 15 is 0 Å². The molecule has 0 atom stereocenters. The predicted octanol–water partition coefficient (Wildman–Crippen LogP) is 6.59. The molecule has 0 spiro atoms. The number of nitrogens with zero attached hydrogens (tertiary/aromatic N) is 12. The summed E-state index contributed by atoms with van der Waals surface area (Å²) in [4.78, 5) is 60.5. The Hall–Kier alpha value is -9.34. The lowest BCUT2D eigenvalue weighted by Gasteiger charge is -2.27. The van der Waals surface area contributed by atoms with Crippen LogP contribution in [0.3, 0.4) is 0 Å². The van der Waals surface area contributed by atoms with Gasteiger partial charge in [0.15, 0.2) is 0 Å². The number of nitrogen functional groups attached to an aromatic ring is 1. The molecule has 0 saturated carbocycles. The van der Waals surface area contributed by atoms with Crippen LogP contribution in [0, 0.1) is 0 Å². The molecule has 12 rings (SSSR count). The lowest BCUT2D eigenvalue weighted by atomic mass is 10.1. The number of benzene rings is 2. The van der Waals surface area contributed by atoms with E-state index in [2.05, 4.69) is 77.3 Å². The Kier molecular flexibility index (Phi) is 14.8. The normalized spacial score (nSPS) is 13.5. The quantitative estimate of drug-likeness (QED) is 0.0856. The number of H-pyrrole nitrogens is 2. The summed E-state index contributed by atoms with van der Waals surface area (Å²) in [6.07, 6.45) is 10.3. The van der Waals surface area contributed by atoms with Crippen molar-refractivity contribution in [1.82, 2.24) is 59.4 Å². The van der Waals surface area contributed by atoms with Gasteiger partial charge < -0.3 is 45.4 Å². The molecule has 0 aliphatic carbocycles. The number of carboxylic acids is 1. The van der Waals surface area contributed by atoms with E-state index in [4.69, 9.17) is 20.3 Å². The maximum Gasteiger partial charge on any atom is 0.309 e. The first-order valence-electron chi connectivity index (χ1n) is 24.3. The number of rotatable bonds is 11. The first-order valence-corrected chi connectivity index (χ1v) is 24.3. The fourth-order valence-electron chi connectivity index (χ4n) is 8.79. The zero-order valence-electron chi connectivity index (χ0n) is 41.3. The Morgan fingerprint density at radius 2 is 1.08 bits per heavy atom. The maximum atomic E-state index is 12.7. The van der Waals surface area contributed by atoms with Crippen LogP contribution in [0.2, 0.25) is 0 Å². The van der Waals surface area contributed by atoms with Gasteiger partial charge in [-0.05, 0) is 83.9 Å². The second-order valence-electron chi connectivity index (χ2n) is 17.8. The summed E-state index contributed by atoms with van der Waals surface area (Å²) in [7, 11) is 3.57. The van der Waals surface area contributed by atoms with E-state index in [1.165, 1.54) is 0 Å².